The van der Waals surface area contributed by atoms with Crippen molar-refractivity contribution in [3.8, 4) is 17.2 Å². The summed E-state index contributed by atoms with van der Waals surface area (Å²) < 4.78 is 2.28. The van der Waals surface area contributed by atoms with E-state index in [-0.39, 0.29) is 0 Å². The fraction of sp³-hybridized carbons (Fsp3) is 0. The van der Waals surface area contributed by atoms with Crippen LogP contribution in [0.25, 0.3) is 82.2 Å². The molecule has 3 nitrogen and oxygen atoms in total. The van der Waals surface area contributed by atoms with E-state index >= 15 is 0 Å². The Balaban J connectivity index is 1.52. The highest BCUT2D eigenvalue weighted by Gasteiger charge is 2.22. The Hall–Kier alpha value is -5.54. The number of benzene rings is 7. The Bertz CT molecular complexity index is 2470. The minimum absolute atomic E-state index is 0.680. The molecule has 0 amide bonds. The largest absolute Gasteiger partial charge is 0.277 e. The second kappa shape index (κ2) is 8.48. The van der Waals surface area contributed by atoms with E-state index < -0.39 is 0 Å². The van der Waals surface area contributed by atoms with Crippen LogP contribution in [0.5, 0.6) is 0 Å². The molecule has 0 aliphatic rings. The number of fused-ring (bicyclic) bond motifs is 11. The van der Waals surface area contributed by atoms with Crippen molar-refractivity contribution < 1.29 is 0 Å². The SMILES string of the molecule is c1ccc(-c2nc(-n3c4ccccc4c4c5ccc6ccccc6c5c5ccccc5c43)nc3ccccc23)cc1. The molecular weight excluding hydrogens is 498 g/mol. The first-order valence-corrected chi connectivity index (χ1v) is 13.9. The molecule has 0 atom stereocenters. The average Bonchev–Trinajstić information content (AvgIpc) is 3.40. The van der Waals surface area contributed by atoms with Crippen molar-refractivity contribution in [2.75, 3.05) is 0 Å². The number of hydrogen-bond donors (Lipinski definition) is 0. The summed E-state index contributed by atoms with van der Waals surface area (Å²) in [6.07, 6.45) is 0. The molecule has 0 spiro atoms. The Morgan fingerprint density at radius 3 is 1.93 bits per heavy atom. The topological polar surface area (TPSA) is 30.7 Å². The molecular formula is C38H23N3. The first kappa shape index (κ1) is 22.3. The second-order valence-corrected chi connectivity index (χ2v) is 10.6. The normalized spacial score (nSPS) is 11.9. The summed E-state index contributed by atoms with van der Waals surface area (Å²) in [5, 5.41) is 11.0. The fourth-order valence-corrected chi connectivity index (χ4v) is 6.63. The van der Waals surface area contributed by atoms with Gasteiger partial charge >= 0.3 is 0 Å². The summed E-state index contributed by atoms with van der Waals surface area (Å²) in [7, 11) is 0. The summed E-state index contributed by atoms with van der Waals surface area (Å²) in [6.45, 7) is 0. The van der Waals surface area contributed by atoms with E-state index in [0.29, 0.717) is 5.95 Å². The van der Waals surface area contributed by atoms with Gasteiger partial charge in [-0.25, -0.2) is 9.97 Å². The molecule has 7 aromatic carbocycles. The van der Waals surface area contributed by atoms with Crippen LogP contribution in [0.15, 0.2) is 140 Å². The number of aromatic nitrogens is 3. The van der Waals surface area contributed by atoms with Gasteiger partial charge in [0.05, 0.1) is 22.2 Å². The van der Waals surface area contributed by atoms with E-state index in [1.807, 2.05) is 12.1 Å². The third-order valence-corrected chi connectivity index (χ3v) is 8.36. The van der Waals surface area contributed by atoms with Crippen LogP contribution in [-0.2, 0) is 0 Å². The van der Waals surface area contributed by atoms with Gasteiger partial charge in [0.1, 0.15) is 0 Å². The van der Waals surface area contributed by atoms with Crippen LogP contribution >= 0.6 is 0 Å². The molecule has 0 aliphatic carbocycles. The van der Waals surface area contributed by atoms with Crippen molar-refractivity contribution in [3.05, 3.63) is 140 Å². The van der Waals surface area contributed by atoms with E-state index in [0.717, 1.165) is 33.2 Å². The number of para-hydroxylation sites is 2. The summed E-state index contributed by atoms with van der Waals surface area (Å²) in [5.74, 6) is 0.680. The maximum absolute atomic E-state index is 5.30. The number of nitrogens with zero attached hydrogens (tertiary/aromatic N) is 3. The van der Waals surface area contributed by atoms with Crippen molar-refractivity contribution in [3.63, 3.8) is 0 Å². The lowest BCUT2D eigenvalue weighted by atomic mass is 9.93. The second-order valence-electron chi connectivity index (χ2n) is 10.6. The van der Waals surface area contributed by atoms with Crippen LogP contribution in [0.4, 0.5) is 0 Å². The van der Waals surface area contributed by atoms with Crippen molar-refractivity contribution in [1.82, 2.24) is 14.5 Å². The molecule has 2 aromatic heterocycles. The molecule has 0 radical (unpaired) electrons. The van der Waals surface area contributed by atoms with E-state index in [1.165, 1.54) is 43.1 Å². The third kappa shape index (κ3) is 3.14. The predicted octanol–water partition coefficient (Wildman–Crippen LogP) is 9.85. The van der Waals surface area contributed by atoms with Crippen LogP contribution < -0.4 is 0 Å². The summed E-state index contributed by atoms with van der Waals surface area (Å²) in [5.41, 5.74) is 5.18. The Morgan fingerprint density at radius 1 is 0.415 bits per heavy atom. The van der Waals surface area contributed by atoms with Crippen molar-refractivity contribution >= 4 is 65.0 Å². The molecule has 0 N–H and O–H groups in total. The summed E-state index contributed by atoms with van der Waals surface area (Å²) >= 11 is 0. The third-order valence-electron chi connectivity index (χ3n) is 8.36. The van der Waals surface area contributed by atoms with Gasteiger partial charge in [-0.05, 0) is 39.1 Å². The molecule has 0 unspecified atom stereocenters. The number of rotatable bonds is 2. The molecule has 41 heavy (non-hydrogen) atoms. The van der Waals surface area contributed by atoms with Gasteiger partial charge in [0.15, 0.2) is 0 Å². The molecule has 2 heterocycles. The van der Waals surface area contributed by atoms with E-state index in [2.05, 4.69) is 132 Å². The molecule has 0 aliphatic heterocycles. The lowest BCUT2D eigenvalue weighted by Gasteiger charge is -2.14. The van der Waals surface area contributed by atoms with E-state index in [4.69, 9.17) is 9.97 Å². The van der Waals surface area contributed by atoms with Gasteiger partial charge in [-0.2, -0.15) is 0 Å². The lowest BCUT2D eigenvalue weighted by Crippen LogP contribution is -2.03. The Labute approximate surface area is 235 Å². The minimum Gasteiger partial charge on any atom is -0.277 e. The highest BCUT2D eigenvalue weighted by Crippen LogP contribution is 2.44. The zero-order valence-electron chi connectivity index (χ0n) is 22.1. The maximum Gasteiger partial charge on any atom is 0.235 e. The standard InChI is InChI=1S/C38H23N3/c1-2-13-25(14-3-1)36-29-18-8-10-20-32(29)39-38(40-36)41-33-21-11-9-19-30(33)35-31-23-22-24-12-4-5-15-26(24)34(31)27-16-6-7-17-28(27)37(35)41/h1-23H. The Kier molecular flexibility index (Phi) is 4.61. The zero-order valence-corrected chi connectivity index (χ0v) is 22.1. The summed E-state index contributed by atoms with van der Waals surface area (Å²) in [4.78, 5) is 10.5. The average molecular weight is 522 g/mol. The van der Waals surface area contributed by atoms with Gasteiger partial charge in [-0.1, -0.05) is 127 Å². The molecule has 0 saturated heterocycles. The van der Waals surface area contributed by atoms with E-state index in [1.54, 1.807) is 0 Å². The van der Waals surface area contributed by atoms with Crippen molar-refractivity contribution in [1.29, 1.82) is 0 Å². The molecule has 0 fully saturated rings. The quantitative estimate of drug-likeness (QED) is 0.212. The van der Waals surface area contributed by atoms with Crippen molar-refractivity contribution in [2.24, 2.45) is 0 Å². The first-order chi connectivity index (χ1) is 20.4. The zero-order chi connectivity index (χ0) is 26.9. The van der Waals surface area contributed by atoms with Crippen LogP contribution in [0, 0.1) is 0 Å². The van der Waals surface area contributed by atoms with Gasteiger partial charge in [0, 0.05) is 27.1 Å². The summed E-state index contributed by atoms with van der Waals surface area (Å²) in [6, 6.07) is 49.4. The molecule has 0 saturated carbocycles. The van der Waals surface area contributed by atoms with Gasteiger partial charge in [-0.3, -0.25) is 4.57 Å². The van der Waals surface area contributed by atoms with Gasteiger partial charge < -0.3 is 0 Å². The highest BCUT2D eigenvalue weighted by molar-refractivity contribution is 6.36. The first-order valence-electron chi connectivity index (χ1n) is 13.9. The molecule has 3 heteroatoms. The van der Waals surface area contributed by atoms with Crippen LogP contribution in [0.1, 0.15) is 0 Å². The van der Waals surface area contributed by atoms with Crippen LogP contribution in [0.3, 0.4) is 0 Å². The van der Waals surface area contributed by atoms with Gasteiger partial charge in [0.2, 0.25) is 5.95 Å². The van der Waals surface area contributed by atoms with Crippen LogP contribution in [0.2, 0.25) is 0 Å². The van der Waals surface area contributed by atoms with Gasteiger partial charge in [0.25, 0.3) is 0 Å². The highest BCUT2D eigenvalue weighted by atomic mass is 15.2. The molecule has 190 valence electrons. The van der Waals surface area contributed by atoms with Crippen molar-refractivity contribution in [2.45, 2.75) is 0 Å². The predicted molar refractivity (Wildman–Crippen MR) is 172 cm³/mol. The smallest absolute Gasteiger partial charge is 0.235 e. The lowest BCUT2D eigenvalue weighted by molar-refractivity contribution is 1.02. The minimum atomic E-state index is 0.680. The molecule has 9 rings (SSSR count). The van der Waals surface area contributed by atoms with E-state index in [9.17, 15) is 0 Å². The van der Waals surface area contributed by atoms with Gasteiger partial charge in [-0.15, -0.1) is 0 Å². The molecule has 9 aromatic rings. The Morgan fingerprint density at radius 2 is 1.07 bits per heavy atom. The number of hydrogen-bond acceptors (Lipinski definition) is 2. The molecule has 0 bridgehead atoms. The van der Waals surface area contributed by atoms with Crippen LogP contribution in [-0.4, -0.2) is 14.5 Å². The monoisotopic (exact) mass is 521 g/mol. The fourth-order valence-electron chi connectivity index (χ4n) is 6.63. The maximum atomic E-state index is 5.30.